The van der Waals surface area contributed by atoms with Crippen LogP contribution in [0, 0.1) is 10.1 Å². The average Bonchev–Trinajstić information content (AvgIpc) is 2.28. The molecule has 0 aromatic heterocycles. The van der Waals surface area contributed by atoms with Crippen molar-refractivity contribution in [2.45, 2.75) is 0 Å². The van der Waals surface area contributed by atoms with E-state index in [0.717, 1.165) is 0 Å². The highest BCUT2D eigenvalue weighted by Gasteiger charge is 2.12. The number of nitro groups is 1. The molecule has 0 aliphatic heterocycles. The maximum absolute atomic E-state index is 11.8. The second-order valence-corrected chi connectivity index (χ2v) is 4.01. The molecule has 0 saturated carbocycles. The fourth-order valence-corrected chi connectivity index (χ4v) is 1.71. The number of nitro benzene ring substituents is 1. The number of nitrogens with zero attached hydrogens (tertiary/aromatic N) is 2. The zero-order valence-electron chi connectivity index (χ0n) is 8.72. The Balaban J connectivity index is 2.81. The molecule has 86 valence electrons. The van der Waals surface area contributed by atoms with E-state index in [2.05, 4.69) is 15.9 Å². The number of alkyl halides is 1. The highest BCUT2D eigenvalue weighted by Crippen LogP contribution is 2.13. The molecule has 0 radical (unpaired) electrons. The van der Waals surface area contributed by atoms with Crippen LogP contribution in [-0.4, -0.2) is 34.7 Å². The minimum Gasteiger partial charge on any atom is -0.341 e. The third-order valence-electron chi connectivity index (χ3n) is 2.09. The van der Waals surface area contributed by atoms with Gasteiger partial charge in [0.15, 0.2) is 0 Å². The number of halogens is 1. The van der Waals surface area contributed by atoms with Crippen molar-refractivity contribution >= 4 is 27.5 Å². The summed E-state index contributed by atoms with van der Waals surface area (Å²) in [4.78, 5) is 23.2. The lowest BCUT2D eigenvalue weighted by molar-refractivity contribution is -0.384. The van der Waals surface area contributed by atoms with Crippen LogP contribution in [0.15, 0.2) is 24.3 Å². The molecule has 0 N–H and O–H groups in total. The van der Waals surface area contributed by atoms with Crippen LogP contribution in [0.4, 0.5) is 5.69 Å². The predicted octanol–water partition coefficient (Wildman–Crippen LogP) is 2.06. The molecule has 5 nitrogen and oxygen atoms in total. The normalized spacial score (nSPS) is 9.88. The lowest BCUT2D eigenvalue weighted by Gasteiger charge is -2.15. The lowest BCUT2D eigenvalue weighted by Crippen LogP contribution is -2.28. The Bertz CT molecular complexity index is 392. The Labute approximate surface area is 101 Å². The van der Waals surface area contributed by atoms with Crippen molar-refractivity contribution in [3.05, 3.63) is 39.9 Å². The second kappa shape index (κ2) is 5.60. The summed E-state index contributed by atoms with van der Waals surface area (Å²) >= 11 is 3.24. The third kappa shape index (κ3) is 3.03. The Morgan fingerprint density at radius 3 is 2.44 bits per heavy atom. The number of carbonyl (C=O) groups is 1. The molecule has 0 aliphatic rings. The predicted molar refractivity (Wildman–Crippen MR) is 63.9 cm³/mol. The van der Waals surface area contributed by atoms with Crippen molar-refractivity contribution in [3.8, 4) is 0 Å². The number of hydrogen-bond acceptors (Lipinski definition) is 3. The van der Waals surface area contributed by atoms with E-state index in [-0.39, 0.29) is 11.6 Å². The molecule has 1 aromatic rings. The van der Waals surface area contributed by atoms with Gasteiger partial charge < -0.3 is 4.90 Å². The van der Waals surface area contributed by atoms with E-state index in [0.29, 0.717) is 17.4 Å². The van der Waals surface area contributed by atoms with Gasteiger partial charge in [-0.05, 0) is 12.1 Å². The van der Waals surface area contributed by atoms with Gasteiger partial charge in [0.2, 0.25) is 0 Å². The van der Waals surface area contributed by atoms with Crippen molar-refractivity contribution in [1.82, 2.24) is 4.90 Å². The lowest BCUT2D eigenvalue weighted by atomic mass is 10.2. The first kappa shape index (κ1) is 12.6. The van der Waals surface area contributed by atoms with E-state index in [1.54, 1.807) is 11.9 Å². The van der Waals surface area contributed by atoms with Crippen LogP contribution in [0.5, 0.6) is 0 Å². The topological polar surface area (TPSA) is 63.5 Å². The number of amides is 1. The Morgan fingerprint density at radius 1 is 1.44 bits per heavy atom. The molecule has 0 bridgehead atoms. The highest BCUT2D eigenvalue weighted by atomic mass is 79.9. The van der Waals surface area contributed by atoms with Gasteiger partial charge >= 0.3 is 0 Å². The van der Waals surface area contributed by atoms with Gasteiger partial charge in [0, 0.05) is 36.6 Å². The van der Waals surface area contributed by atoms with E-state index in [1.165, 1.54) is 24.3 Å². The van der Waals surface area contributed by atoms with Gasteiger partial charge in [-0.3, -0.25) is 14.9 Å². The molecule has 1 rings (SSSR count). The van der Waals surface area contributed by atoms with E-state index >= 15 is 0 Å². The fourth-order valence-electron chi connectivity index (χ4n) is 1.17. The quantitative estimate of drug-likeness (QED) is 0.483. The van der Waals surface area contributed by atoms with Crippen LogP contribution >= 0.6 is 15.9 Å². The van der Waals surface area contributed by atoms with E-state index in [1.807, 2.05) is 0 Å². The third-order valence-corrected chi connectivity index (χ3v) is 2.45. The van der Waals surface area contributed by atoms with Gasteiger partial charge in [-0.1, -0.05) is 15.9 Å². The second-order valence-electron chi connectivity index (χ2n) is 3.22. The van der Waals surface area contributed by atoms with Gasteiger partial charge in [0.05, 0.1) is 4.92 Å². The van der Waals surface area contributed by atoms with Crippen molar-refractivity contribution in [2.24, 2.45) is 0 Å². The zero-order valence-corrected chi connectivity index (χ0v) is 10.3. The summed E-state index contributed by atoms with van der Waals surface area (Å²) in [6.45, 7) is 0.593. The molecular weight excluding hydrogens is 276 g/mol. The molecule has 0 heterocycles. The van der Waals surface area contributed by atoms with Crippen LogP contribution in [0.2, 0.25) is 0 Å². The molecule has 6 heteroatoms. The van der Waals surface area contributed by atoms with Gasteiger partial charge in [-0.25, -0.2) is 0 Å². The summed E-state index contributed by atoms with van der Waals surface area (Å²) in [6.07, 6.45) is 0. The number of hydrogen-bond donors (Lipinski definition) is 0. The van der Waals surface area contributed by atoms with Crippen molar-refractivity contribution in [1.29, 1.82) is 0 Å². The smallest absolute Gasteiger partial charge is 0.269 e. The molecule has 0 aliphatic carbocycles. The summed E-state index contributed by atoms with van der Waals surface area (Å²) in [5, 5.41) is 11.1. The maximum atomic E-state index is 11.8. The first-order valence-corrected chi connectivity index (χ1v) is 5.74. The Morgan fingerprint density at radius 2 is 2.00 bits per heavy atom. The molecule has 1 aromatic carbocycles. The summed E-state index contributed by atoms with van der Waals surface area (Å²) in [6, 6.07) is 5.58. The van der Waals surface area contributed by atoms with E-state index in [9.17, 15) is 14.9 Å². The fraction of sp³-hybridized carbons (Fsp3) is 0.300. The van der Waals surface area contributed by atoms with Crippen LogP contribution in [0.25, 0.3) is 0 Å². The summed E-state index contributed by atoms with van der Waals surface area (Å²) in [5.74, 6) is -0.144. The Kier molecular flexibility index (Phi) is 4.42. The highest BCUT2D eigenvalue weighted by molar-refractivity contribution is 9.09. The van der Waals surface area contributed by atoms with E-state index in [4.69, 9.17) is 0 Å². The first-order valence-electron chi connectivity index (χ1n) is 4.62. The summed E-state index contributed by atoms with van der Waals surface area (Å²) in [7, 11) is 1.69. The molecule has 0 saturated heterocycles. The molecule has 0 spiro atoms. The Hall–Kier alpha value is -1.43. The van der Waals surface area contributed by atoms with Crippen LogP contribution in [0.1, 0.15) is 10.4 Å². The number of rotatable bonds is 4. The van der Waals surface area contributed by atoms with Crippen molar-refractivity contribution in [2.75, 3.05) is 18.9 Å². The zero-order chi connectivity index (χ0) is 12.1. The summed E-state index contributed by atoms with van der Waals surface area (Å²) < 4.78 is 0. The van der Waals surface area contributed by atoms with Gasteiger partial charge in [-0.2, -0.15) is 0 Å². The summed E-state index contributed by atoms with van der Waals surface area (Å²) in [5.41, 5.74) is 0.439. The minimum atomic E-state index is -0.490. The van der Waals surface area contributed by atoms with Crippen LogP contribution in [0.3, 0.4) is 0 Å². The van der Waals surface area contributed by atoms with Gasteiger partial charge in [-0.15, -0.1) is 0 Å². The number of carbonyl (C=O) groups excluding carboxylic acids is 1. The molecule has 1 amide bonds. The maximum Gasteiger partial charge on any atom is 0.269 e. The van der Waals surface area contributed by atoms with Gasteiger partial charge in [0.1, 0.15) is 0 Å². The number of benzene rings is 1. The minimum absolute atomic E-state index is 0.0142. The molecule has 16 heavy (non-hydrogen) atoms. The standard InChI is InChI=1S/C10H11BrN2O3/c1-12(7-6-11)10(14)8-2-4-9(5-3-8)13(15)16/h2-5H,6-7H2,1H3. The number of non-ortho nitro benzene ring substituents is 1. The van der Waals surface area contributed by atoms with E-state index < -0.39 is 4.92 Å². The SMILES string of the molecule is CN(CCBr)C(=O)c1ccc([N+](=O)[O-])cc1. The van der Waals surface area contributed by atoms with Crippen molar-refractivity contribution in [3.63, 3.8) is 0 Å². The van der Waals surface area contributed by atoms with Crippen LogP contribution < -0.4 is 0 Å². The monoisotopic (exact) mass is 286 g/mol. The molecule has 0 fully saturated rings. The molecule has 0 unspecified atom stereocenters. The largest absolute Gasteiger partial charge is 0.341 e. The van der Waals surface area contributed by atoms with Crippen LogP contribution in [-0.2, 0) is 0 Å². The van der Waals surface area contributed by atoms with Crippen molar-refractivity contribution < 1.29 is 9.72 Å². The molecular formula is C10H11BrN2O3. The average molecular weight is 287 g/mol. The molecule has 0 atom stereocenters. The van der Waals surface area contributed by atoms with Gasteiger partial charge in [0.25, 0.3) is 11.6 Å². The first-order chi connectivity index (χ1) is 7.56.